The maximum atomic E-state index is 13.0. The number of hydrogen-bond acceptors (Lipinski definition) is 3. The Morgan fingerprint density at radius 3 is 2.46 bits per heavy atom. The first-order valence-corrected chi connectivity index (χ1v) is 9.80. The van der Waals surface area contributed by atoms with Gasteiger partial charge in [-0.05, 0) is 42.5 Å². The standard InChI is InChI=1S/C23H30N2O3/c1-18(2)13-16-28-21-10-6-9-20(17-21)23(27)25(15-12-22(24)26)14-11-19-7-4-3-5-8-19/h3-10,17-18H,11-16H2,1-2H3,(H2,24,26). The quantitative estimate of drug-likeness (QED) is 0.644. The first-order valence-electron chi connectivity index (χ1n) is 9.80. The summed E-state index contributed by atoms with van der Waals surface area (Å²) in [6.07, 6.45) is 1.82. The average molecular weight is 383 g/mol. The van der Waals surface area contributed by atoms with Crippen molar-refractivity contribution in [1.82, 2.24) is 4.90 Å². The van der Waals surface area contributed by atoms with E-state index in [1.54, 1.807) is 17.0 Å². The molecule has 2 rings (SSSR count). The van der Waals surface area contributed by atoms with Crippen LogP contribution < -0.4 is 10.5 Å². The lowest BCUT2D eigenvalue weighted by molar-refractivity contribution is -0.118. The summed E-state index contributed by atoms with van der Waals surface area (Å²) in [6.45, 7) is 5.74. The number of nitrogens with zero attached hydrogens (tertiary/aromatic N) is 1. The molecule has 28 heavy (non-hydrogen) atoms. The Labute approximate surface area is 167 Å². The number of amides is 2. The van der Waals surface area contributed by atoms with Crippen LogP contribution in [-0.4, -0.2) is 36.4 Å². The third kappa shape index (κ3) is 7.43. The van der Waals surface area contributed by atoms with E-state index in [2.05, 4.69) is 13.8 Å². The molecule has 0 atom stereocenters. The minimum absolute atomic E-state index is 0.119. The molecule has 2 aromatic rings. The van der Waals surface area contributed by atoms with Crippen LogP contribution >= 0.6 is 0 Å². The molecule has 2 amide bonds. The maximum Gasteiger partial charge on any atom is 0.254 e. The molecule has 2 N–H and O–H groups in total. The molecule has 0 fully saturated rings. The summed E-state index contributed by atoms with van der Waals surface area (Å²) >= 11 is 0. The predicted molar refractivity (Wildman–Crippen MR) is 111 cm³/mol. The number of nitrogens with two attached hydrogens (primary N) is 1. The Hall–Kier alpha value is -2.82. The van der Waals surface area contributed by atoms with E-state index in [4.69, 9.17) is 10.5 Å². The largest absolute Gasteiger partial charge is 0.494 e. The maximum absolute atomic E-state index is 13.0. The Morgan fingerprint density at radius 2 is 1.79 bits per heavy atom. The van der Waals surface area contributed by atoms with E-state index >= 15 is 0 Å². The third-order valence-corrected chi connectivity index (χ3v) is 4.47. The molecule has 0 saturated carbocycles. The number of hydrogen-bond donors (Lipinski definition) is 1. The smallest absolute Gasteiger partial charge is 0.254 e. The minimum Gasteiger partial charge on any atom is -0.494 e. The highest BCUT2D eigenvalue weighted by Crippen LogP contribution is 2.17. The van der Waals surface area contributed by atoms with Crippen molar-refractivity contribution in [3.63, 3.8) is 0 Å². The second-order valence-corrected chi connectivity index (χ2v) is 7.30. The molecule has 0 aliphatic carbocycles. The highest BCUT2D eigenvalue weighted by molar-refractivity contribution is 5.94. The lowest BCUT2D eigenvalue weighted by Crippen LogP contribution is -2.35. The van der Waals surface area contributed by atoms with Crippen LogP contribution in [0.4, 0.5) is 0 Å². The molecule has 150 valence electrons. The van der Waals surface area contributed by atoms with Gasteiger partial charge in [-0.3, -0.25) is 9.59 Å². The first-order chi connectivity index (χ1) is 13.5. The van der Waals surface area contributed by atoms with Crippen molar-refractivity contribution >= 4 is 11.8 Å². The van der Waals surface area contributed by atoms with Gasteiger partial charge in [0.2, 0.25) is 5.91 Å². The van der Waals surface area contributed by atoms with Gasteiger partial charge < -0.3 is 15.4 Å². The van der Waals surface area contributed by atoms with Crippen molar-refractivity contribution in [3.05, 3.63) is 65.7 Å². The molecule has 0 aliphatic heterocycles. The van der Waals surface area contributed by atoms with Crippen LogP contribution in [0.25, 0.3) is 0 Å². The SMILES string of the molecule is CC(C)CCOc1cccc(C(=O)N(CCC(N)=O)CCc2ccccc2)c1. The Morgan fingerprint density at radius 1 is 1.04 bits per heavy atom. The number of ether oxygens (including phenoxy) is 1. The molecule has 0 radical (unpaired) electrons. The van der Waals surface area contributed by atoms with E-state index < -0.39 is 5.91 Å². The van der Waals surface area contributed by atoms with Crippen molar-refractivity contribution in [2.45, 2.75) is 33.1 Å². The Kier molecular flexibility index (Phi) is 8.53. The summed E-state index contributed by atoms with van der Waals surface area (Å²) in [5, 5.41) is 0. The van der Waals surface area contributed by atoms with Crippen LogP contribution in [-0.2, 0) is 11.2 Å². The minimum atomic E-state index is -0.414. The van der Waals surface area contributed by atoms with Gasteiger partial charge in [0.25, 0.3) is 5.91 Å². The summed E-state index contributed by atoms with van der Waals surface area (Å²) < 4.78 is 5.77. The van der Waals surface area contributed by atoms with Crippen LogP contribution in [0.15, 0.2) is 54.6 Å². The molecule has 2 aromatic carbocycles. The average Bonchev–Trinajstić information content (AvgIpc) is 2.68. The van der Waals surface area contributed by atoms with Gasteiger partial charge in [0.05, 0.1) is 6.61 Å². The number of benzene rings is 2. The fourth-order valence-corrected chi connectivity index (χ4v) is 2.78. The summed E-state index contributed by atoms with van der Waals surface area (Å²) in [4.78, 5) is 25.9. The number of rotatable bonds is 11. The van der Waals surface area contributed by atoms with Gasteiger partial charge in [0.15, 0.2) is 0 Å². The molecule has 0 saturated heterocycles. The molecule has 0 bridgehead atoms. The van der Waals surface area contributed by atoms with Crippen LogP contribution in [0.5, 0.6) is 5.75 Å². The fourth-order valence-electron chi connectivity index (χ4n) is 2.78. The normalized spacial score (nSPS) is 10.7. The molecule has 5 heteroatoms. The number of primary amides is 1. The summed E-state index contributed by atoms with van der Waals surface area (Å²) in [7, 11) is 0. The van der Waals surface area contributed by atoms with Gasteiger partial charge in [-0.15, -0.1) is 0 Å². The van der Waals surface area contributed by atoms with Crippen LogP contribution in [0.1, 0.15) is 42.6 Å². The molecule has 0 unspecified atom stereocenters. The van der Waals surface area contributed by atoms with E-state index in [-0.39, 0.29) is 12.3 Å². The second kappa shape index (κ2) is 11.1. The summed E-state index contributed by atoms with van der Waals surface area (Å²) in [5.41, 5.74) is 6.99. The zero-order valence-electron chi connectivity index (χ0n) is 16.8. The van der Waals surface area contributed by atoms with Gasteiger partial charge >= 0.3 is 0 Å². The lowest BCUT2D eigenvalue weighted by atomic mass is 10.1. The zero-order chi connectivity index (χ0) is 20.4. The van der Waals surface area contributed by atoms with Crippen molar-refractivity contribution < 1.29 is 14.3 Å². The van der Waals surface area contributed by atoms with E-state index in [1.165, 1.54) is 0 Å². The molecule has 0 aliphatic rings. The fraction of sp³-hybridized carbons (Fsp3) is 0.391. The summed E-state index contributed by atoms with van der Waals surface area (Å²) in [5.74, 6) is 0.714. The highest BCUT2D eigenvalue weighted by atomic mass is 16.5. The molecule has 5 nitrogen and oxygen atoms in total. The second-order valence-electron chi connectivity index (χ2n) is 7.30. The van der Waals surface area contributed by atoms with E-state index in [9.17, 15) is 9.59 Å². The Bertz CT molecular complexity index is 759. The van der Waals surface area contributed by atoms with Crippen molar-refractivity contribution in [1.29, 1.82) is 0 Å². The lowest BCUT2D eigenvalue weighted by Gasteiger charge is -2.22. The van der Waals surface area contributed by atoms with E-state index in [1.807, 2.05) is 42.5 Å². The Balaban J connectivity index is 2.06. The van der Waals surface area contributed by atoms with Crippen LogP contribution in [0, 0.1) is 5.92 Å². The topological polar surface area (TPSA) is 72.6 Å². The van der Waals surface area contributed by atoms with E-state index in [0.29, 0.717) is 36.9 Å². The van der Waals surface area contributed by atoms with Crippen LogP contribution in [0.3, 0.4) is 0 Å². The van der Waals surface area contributed by atoms with Crippen molar-refractivity contribution in [3.8, 4) is 5.75 Å². The molecule has 0 spiro atoms. The van der Waals surface area contributed by atoms with Crippen LogP contribution in [0.2, 0.25) is 0 Å². The van der Waals surface area contributed by atoms with Crippen molar-refractivity contribution in [2.24, 2.45) is 11.7 Å². The molecular weight excluding hydrogens is 352 g/mol. The first kappa shape index (κ1) is 21.5. The van der Waals surface area contributed by atoms with Gasteiger partial charge in [-0.1, -0.05) is 50.2 Å². The molecule has 0 aromatic heterocycles. The third-order valence-electron chi connectivity index (χ3n) is 4.47. The highest BCUT2D eigenvalue weighted by Gasteiger charge is 2.17. The predicted octanol–water partition coefficient (Wildman–Crippen LogP) is 3.67. The molecular formula is C23H30N2O3. The zero-order valence-corrected chi connectivity index (χ0v) is 16.8. The van der Waals surface area contributed by atoms with Crippen molar-refractivity contribution in [2.75, 3.05) is 19.7 Å². The summed E-state index contributed by atoms with van der Waals surface area (Å²) in [6, 6.07) is 17.2. The molecule has 0 heterocycles. The van der Waals surface area contributed by atoms with Gasteiger partial charge in [0.1, 0.15) is 5.75 Å². The number of carbonyl (C=O) groups excluding carboxylic acids is 2. The van der Waals surface area contributed by atoms with Gasteiger partial charge in [-0.2, -0.15) is 0 Å². The van der Waals surface area contributed by atoms with Gasteiger partial charge in [0, 0.05) is 25.1 Å². The monoisotopic (exact) mass is 382 g/mol. The van der Waals surface area contributed by atoms with Gasteiger partial charge in [-0.25, -0.2) is 0 Å². The van der Waals surface area contributed by atoms with E-state index in [0.717, 1.165) is 18.4 Å². The number of carbonyl (C=O) groups is 2.